The first kappa shape index (κ1) is 11.7. The smallest absolute Gasteiger partial charge is 0.314 e. The first-order valence-corrected chi connectivity index (χ1v) is 6.65. The molecular weight excluding hydrogens is 228 g/mol. The number of rotatable bonds is 3. The van der Waals surface area contributed by atoms with Gasteiger partial charge in [0.1, 0.15) is 5.75 Å². The van der Waals surface area contributed by atoms with E-state index in [0.717, 1.165) is 32.1 Å². The van der Waals surface area contributed by atoms with Gasteiger partial charge in [-0.15, -0.1) is 0 Å². The second-order valence-corrected chi connectivity index (χ2v) is 5.17. The van der Waals surface area contributed by atoms with Gasteiger partial charge in [0, 0.05) is 7.11 Å². The molecular formula is C15H18O3. The van der Waals surface area contributed by atoms with Crippen LogP contribution in [0.3, 0.4) is 0 Å². The highest BCUT2D eigenvalue weighted by Gasteiger charge is 2.31. The van der Waals surface area contributed by atoms with Crippen molar-refractivity contribution in [3.63, 3.8) is 0 Å². The Hall–Kier alpha value is -1.35. The van der Waals surface area contributed by atoms with Crippen LogP contribution >= 0.6 is 0 Å². The number of aryl methyl sites for hydroxylation is 1. The van der Waals surface area contributed by atoms with E-state index in [1.807, 2.05) is 18.2 Å². The number of hydrogen-bond donors (Lipinski definition) is 0. The Labute approximate surface area is 107 Å². The molecule has 2 aliphatic carbocycles. The summed E-state index contributed by atoms with van der Waals surface area (Å²) in [6, 6.07) is 5.93. The van der Waals surface area contributed by atoms with E-state index in [1.165, 1.54) is 11.1 Å². The molecule has 0 radical (unpaired) electrons. The van der Waals surface area contributed by atoms with E-state index in [4.69, 9.17) is 9.47 Å². The van der Waals surface area contributed by atoms with E-state index >= 15 is 0 Å². The molecule has 1 saturated carbocycles. The van der Waals surface area contributed by atoms with Gasteiger partial charge in [-0.05, 0) is 55.4 Å². The molecule has 0 spiro atoms. The highest BCUT2D eigenvalue weighted by molar-refractivity contribution is 5.77. The van der Waals surface area contributed by atoms with Crippen molar-refractivity contribution in [3.05, 3.63) is 29.3 Å². The minimum absolute atomic E-state index is 0.0750. The van der Waals surface area contributed by atoms with Crippen LogP contribution in [-0.4, -0.2) is 13.1 Å². The number of benzene rings is 1. The number of hydrogen-bond acceptors (Lipinski definition) is 3. The first-order chi connectivity index (χ1) is 8.78. The van der Waals surface area contributed by atoms with Gasteiger partial charge < -0.3 is 9.47 Å². The highest BCUT2D eigenvalue weighted by Crippen LogP contribution is 2.35. The fraction of sp³-hybridized carbons (Fsp3) is 0.533. The molecule has 3 heteroatoms. The lowest BCUT2D eigenvalue weighted by molar-refractivity contribution is -0.135. The fourth-order valence-electron chi connectivity index (χ4n) is 2.57. The van der Waals surface area contributed by atoms with Gasteiger partial charge in [-0.2, -0.15) is 0 Å². The summed E-state index contributed by atoms with van der Waals surface area (Å²) in [5.74, 6) is 0.754. The lowest BCUT2D eigenvalue weighted by Crippen LogP contribution is -2.13. The zero-order valence-corrected chi connectivity index (χ0v) is 10.6. The molecule has 3 nitrogen and oxygen atoms in total. The van der Waals surface area contributed by atoms with Crippen LogP contribution in [0.2, 0.25) is 0 Å². The van der Waals surface area contributed by atoms with Crippen LogP contribution in [0.25, 0.3) is 0 Å². The average Bonchev–Trinajstić information content (AvgIpc) is 3.22. The molecule has 3 rings (SSSR count). The van der Waals surface area contributed by atoms with Crippen molar-refractivity contribution in [2.75, 3.05) is 7.11 Å². The van der Waals surface area contributed by atoms with Gasteiger partial charge in [-0.3, -0.25) is 4.79 Å². The van der Waals surface area contributed by atoms with Gasteiger partial charge in [0.25, 0.3) is 0 Å². The van der Waals surface area contributed by atoms with Crippen molar-refractivity contribution in [1.82, 2.24) is 0 Å². The average molecular weight is 246 g/mol. The van der Waals surface area contributed by atoms with Gasteiger partial charge in [0.2, 0.25) is 0 Å². The molecule has 18 heavy (non-hydrogen) atoms. The molecule has 0 aromatic heterocycles. The summed E-state index contributed by atoms with van der Waals surface area (Å²) < 4.78 is 10.9. The maximum Gasteiger partial charge on any atom is 0.314 e. The Kier molecular flexibility index (Phi) is 3.08. The summed E-state index contributed by atoms with van der Waals surface area (Å²) >= 11 is 0. The first-order valence-electron chi connectivity index (χ1n) is 6.65. The van der Waals surface area contributed by atoms with E-state index in [9.17, 15) is 4.79 Å². The highest BCUT2D eigenvalue weighted by atomic mass is 16.5. The van der Waals surface area contributed by atoms with Crippen molar-refractivity contribution >= 4 is 5.97 Å². The molecule has 1 fully saturated rings. The molecule has 0 bridgehead atoms. The molecule has 2 aliphatic rings. The summed E-state index contributed by atoms with van der Waals surface area (Å²) in [5, 5.41) is 0. The normalized spacial score (nSPS) is 22.4. The largest absolute Gasteiger partial charge is 0.426 e. The minimum Gasteiger partial charge on any atom is -0.426 e. The lowest BCUT2D eigenvalue weighted by Gasteiger charge is -2.24. The van der Waals surface area contributed by atoms with E-state index in [-0.39, 0.29) is 18.0 Å². The van der Waals surface area contributed by atoms with Crippen molar-refractivity contribution in [3.8, 4) is 5.75 Å². The quantitative estimate of drug-likeness (QED) is 0.607. The second kappa shape index (κ2) is 4.73. The molecule has 0 aliphatic heterocycles. The zero-order chi connectivity index (χ0) is 12.5. The molecule has 0 saturated heterocycles. The van der Waals surface area contributed by atoms with E-state index in [2.05, 4.69) is 0 Å². The molecule has 0 heterocycles. The van der Waals surface area contributed by atoms with Gasteiger partial charge in [0.05, 0.1) is 12.0 Å². The predicted molar refractivity (Wildman–Crippen MR) is 67.5 cm³/mol. The third kappa shape index (κ3) is 2.27. The number of carbonyl (C=O) groups excluding carboxylic acids is 1. The number of esters is 1. The van der Waals surface area contributed by atoms with Gasteiger partial charge in [-0.25, -0.2) is 0 Å². The van der Waals surface area contributed by atoms with Crippen LogP contribution in [-0.2, 0) is 16.0 Å². The summed E-state index contributed by atoms with van der Waals surface area (Å²) in [7, 11) is 1.75. The van der Waals surface area contributed by atoms with Crippen molar-refractivity contribution in [2.45, 2.75) is 38.2 Å². The van der Waals surface area contributed by atoms with Crippen LogP contribution < -0.4 is 4.74 Å². The predicted octanol–water partition coefficient (Wildman–Crippen LogP) is 3.03. The molecule has 1 unspecified atom stereocenters. The summed E-state index contributed by atoms with van der Waals surface area (Å²) in [6.07, 6.45) is 5.41. The van der Waals surface area contributed by atoms with Crippen molar-refractivity contribution in [2.24, 2.45) is 5.92 Å². The standard InChI is InChI=1S/C15H18O3/c1-17-14-4-2-3-11-9-12(7-8-13(11)14)18-15(16)10-5-6-10/h7-10,14H,2-6H2,1H3. The Morgan fingerprint density at radius 3 is 2.83 bits per heavy atom. The second-order valence-electron chi connectivity index (χ2n) is 5.17. The third-order valence-corrected chi connectivity index (χ3v) is 3.79. The van der Waals surface area contributed by atoms with Crippen LogP contribution in [0, 0.1) is 5.92 Å². The zero-order valence-electron chi connectivity index (χ0n) is 10.6. The van der Waals surface area contributed by atoms with E-state index in [0.29, 0.717) is 5.75 Å². The Morgan fingerprint density at radius 1 is 1.28 bits per heavy atom. The van der Waals surface area contributed by atoms with Gasteiger partial charge >= 0.3 is 5.97 Å². The van der Waals surface area contributed by atoms with Gasteiger partial charge in [0.15, 0.2) is 0 Å². The van der Waals surface area contributed by atoms with Crippen LogP contribution in [0.4, 0.5) is 0 Å². The van der Waals surface area contributed by atoms with Crippen molar-refractivity contribution < 1.29 is 14.3 Å². The lowest BCUT2D eigenvalue weighted by atomic mass is 9.89. The van der Waals surface area contributed by atoms with Crippen molar-refractivity contribution in [1.29, 1.82) is 0 Å². The monoisotopic (exact) mass is 246 g/mol. The fourth-order valence-corrected chi connectivity index (χ4v) is 2.57. The topological polar surface area (TPSA) is 35.5 Å². The number of carbonyl (C=O) groups is 1. The van der Waals surface area contributed by atoms with E-state index < -0.39 is 0 Å². The SMILES string of the molecule is COC1CCCc2cc(OC(=O)C3CC3)ccc21. The Morgan fingerprint density at radius 2 is 2.11 bits per heavy atom. The molecule has 0 amide bonds. The molecule has 1 aromatic rings. The minimum atomic E-state index is -0.0750. The Bertz CT molecular complexity index is 463. The van der Waals surface area contributed by atoms with Crippen LogP contribution in [0.15, 0.2) is 18.2 Å². The Balaban J connectivity index is 1.79. The summed E-state index contributed by atoms with van der Waals surface area (Å²) in [6.45, 7) is 0. The van der Waals surface area contributed by atoms with Crippen LogP contribution in [0.5, 0.6) is 5.75 Å². The summed E-state index contributed by atoms with van der Waals surface area (Å²) in [5.41, 5.74) is 2.50. The number of fused-ring (bicyclic) bond motifs is 1. The molecule has 1 atom stereocenters. The van der Waals surface area contributed by atoms with Crippen LogP contribution in [0.1, 0.15) is 42.9 Å². The summed E-state index contributed by atoms with van der Waals surface area (Å²) in [4.78, 5) is 11.6. The third-order valence-electron chi connectivity index (χ3n) is 3.79. The maximum absolute atomic E-state index is 11.6. The number of ether oxygens (including phenoxy) is 2. The molecule has 0 N–H and O–H groups in total. The van der Waals surface area contributed by atoms with Gasteiger partial charge in [-0.1, -0.05) is 6.07 Å². The maximum atomic E-state index is 11.6. The molecule has 96 valence electrons. The number of methoxy groups -OCH3 is 1. The molecule has 1 aromatic carbocycles. The van der Waals surface area contributed by atoms with E-state index in [1.54, 1.807) is 7.11 Å².